The summed E-state index contributed by atoms with van der Waals surface area (Å²) in [6.07, 6.45) is 5.19. The average Bonchev–Trinajstić information content (AvgIpc) is 3.01. The van der Waals surface area contributed by atoms with Crippen LogP contribution >= 0.6 is 0 Å². The molecule has 0 saturated heterocycles. The molecule has 0 radical (unpaired) electrons. The van der Waals surface area contributed by atoms with Crippen molar-refractivity contribution in [2.45, 2.75) is 6.92 Å². The van der Waals surface area contributed by atoms with Crippen LogP contribution in [0.4, 0.5) is 0 Å². The van der Waals surface area contributed by atoms with Crippen molar-refractivity contribution in [3.05, 3.63) is 78.6 Å². The number of hydrogen-bond donors (Lipinski definition) is 1. The molecular weight excluding hydrogens is 308 g/mol. The molecule has 0 fully saturated rings. The molecule has 4 rings (SSSR count). The van der Waals surface area contributed by atoms with Gasteiger partial charge in [0.25, 0.3) is 0 Å². The van der Waals surface area contributed by atoms with Crippen LogP contribution in [0.3, 0.4) is 0 Å². The molecule has 0 amide bonds. The van der Waals surface area contributed by atoms with Gasteiger partial charge in [0.05, 0.1) is 28.8 Å². The summed E-state index contributed by atoms with van der Waals surface area (Å²) in [6.45, 7) is 6.12. The van der Waals surface area contributed by atoms with Gasteiger partial charge in [-0.25, -0.2) is 4.99 Å². The zero-order chi connectivity index (χ0) is 17.4. The van der Waals surface area contributed by atoms with Crippen LogP contribution in [0.15, 0.2) is 72.5 Å². The number of aromatic nitrogens is 2. The van der Waals surface area contributed by atoms with Crippen LogP contribution < -0.4 is 5.73 Å². The van der Waals surface area contributed by atoms with E-state index in [0.717, 1.165) is 33.1 Å². The summed E-state index contributed by atoms with van der Waals surface area (Å²) < 4.78 is 2.17. The van der Waals surface area contributed by atoms with Gasteiger partial charge in [-0.05, 0) is 30.7 Å². The van der Waals surface area contributed by atoms with Gasteiger partial charge in [0.1, 0.15) is 0 Å². The molecule has 4 heteroatoms. The van der Waals surface area contributed by atoms with E-state index in [1.165, 1.54) is 11.9 Å². The SMILES string of the molecule is C=C(N=CN)c1cn(-c2ccnc3cc(C)ccc23)c2ccccc12. The Morgan fingerprint density at radius 2 is 2.00 bits per heavy atom. The van der Waals surface area contributed by atoms with E-state index in [9.17, 15) is 0 Å². The van der Waals surface area contributed by atoms with Crippen molar-refractivity contribution in [1.29, 1.82) is 0 Å². The highest BCUT2D eigenvalue weighted by Crippen LogP contribution is 2.31. The molecule has 122 valence electrons. The minimum atomic E-state index is 0.645. The molecular formula is C21H18N4. The van der Waals surface area contributed by atoms with Crippen molar-refractivity contribution in [1.82, 2.24) is 9.55 Å². The molecule has 0 aliphatic rings. The number of fused-ring (bicyclic) bond motifs is 2. The third-order valence-electron chi connectivity index (χ3n) is 4.39. The lowest BCUT2D eigenvalue weighted by atomic mass is 10.1. The lowest BCUT2D eigenvalue weighted by Crippen LogP contribution is -1.95. The Morgan fingerprint density at radius 1 is 1.16 bits per heavy atom. The highest BCUT2D eigenvalue weighted by molar-refractivity contribution is 5.97. The number of aliphatic imine (C=N–C) groups is 1. The minimum absolute atomic E-state index is 0.645. The van der Waals surface area contributed by atoms with Crippen LogP contribution in [0.2, 0.25) is 0 Å². The normalized spacial score (nSPS) is 11.6. The van der Waals surface area contributed by atoms with Crippen LogP contribution in [0, 0.1) is 6.92 Å². The second-order valence-electron chi connectivity index (χ2n) is 6.01. The number of nitrogens with two attached hydrogens (primary N) is 1. The van der Waals surface area contributed by atoms with Gasteiger partial charge in [0.2, 0.25) is 0 Å². The van der Waals surface area contributed by atoms with E-state index < -0.39 is 0 Å². The van der Waals surface area contributed by atoms with E-state index >= 15 is 0 Å². The molecule has 4 nitrogen and oxygen atoms in total. The fraction of sp³-hybridized carbons (Fsp3) is 0.0476. The van der Waals surface area contributed by atoms with Crippen molar-refractivity contribution in [2.24, 2.45) is 10.7 Å². The van der Waals surface area contributed by atoms with Crippen molar-refractivity contribution < 1.29 is 0 Å². The Kier molecular flexibility index (Phi) is 3.58. The van der Waals surface area contributed by atoms with Crippen molar-refractivity contribution in [3.8, 4) is 5.69 Å². The first-order valence-electron chi connectivity index (χ1n) is 8.08. The minimum Gasteiger partial charge on any atom is -0.390 e. The monoisotopic (exact) mass is 326 g/mol. The molecule has 2 N–H and O–H groups in total. The van der Waals surface area contributed by atoms with E-state index in [4.69, 9.17) is 5.73 Å². The number of para-hydroxylation sites is 1. The number of nitrogens with zero attached hydrogens (tertiary/aromatic N) is 3. The molecule has 2 aromatic carbocycles. The summed E-state index contributed by atoms with van der Waals surface area (Å²) in [5.74, 6) is 0. The molecule has 25 heavy (non-hydrogen) atoms. The van der Waals surface area contributed by atoms with Gasteiger partial charge in [0, 0.05) is 28.7 Å². The maximum atomic E-state index is 5.45. The molecule has 0 aliphatic carbocycles. The fourth-order valence-electron chi connectivity index (χ4n) is 3.22. The summed E-state index contributed by atoms with van der Waals surface area (Å²) in [5.41, 5.74) is 11.4. The second-order valence-corrected chi connectivity index (χ2v) is 6.01. The molecule has 0 unspecified atom stereocenters. The number of pyridine rings is 1. The zero-order valence-corrected chi connectivity index (χ0v) is 14.0. The highest BCUT2D eigenvalue weighted by Gasteiger charge is 2.13. The van der Waals surface area contributed by atoms with Gasteiger partial charge < -0.3 is 10.3 Å². The fourth-order valence-corrected chi connectivity index (χ4v) is 3.22. The van der Waals surface area contributed by atoms with Gasteiger partial charge in [-0.3, -0.25) is 4.98 Å². The van der Waals surface area contributed by atoms with E-state index in [1.807, 2.05) is 24.4 Å². The molecule has 2 aromatic heterocycles. The maximum absolute atomic E-state index is 5.45. The first-order valence-corrected chi connectivity index (χ1v) is 8.08. The Bertz CT molecular complexity index is 1140. The predicted molar refractivity (Wildman–Crippen MR) is 105 cm³/mol. The Labute approximate surface area is 145 Å². The number of benzene rings is 2. The molecule has 0 spiro atoms. The van der Waals surface area contributed by atoms with E-state index in [-0.39, 0.29) is 0 Å². The Morgan fingerprint density at radius 3 is 2.84 bits per heavy atom. The Hall–Kier alpha value is -3.40. The molecule has 0 atom stereocenters. The quantitative estimate of drug-likeness (QED) is 0.447. The van der Waals surface area contributed by atoms with Crippen LogP contribution in [-0.4, -0.2) is 15.9 Å². The van der Waals surface area contributed by atoms with Crippen LogP contribution in [0.25, 0.3) is 33.2 Å². The van der Waals surface area contributed by atoms with Crippen LogP contribution in [0.5, 0.6) is 0 Å². The summed E-state index contributed by atoms with van der Waals surface area (Å²) >= 11 is 0. The molecule has 0 aliphatic heterocycles. The number of aryl methyl sites for hydroxylation is 1. The van der Waals surface area contributed by atoms with Crippen molar-refractivity contribution in [3.63, 3.8) is 0 Å². The maximum Gasteiger partial charge on any atom is 0.0860 e. The van der Waals surface area contributed by atoms with Gasteiger partial charge in [0.15, 0.2) is 0 Å². The number of hydrogen-bond acceptors (Lipinski definition) is 2. The first-order chi connectivity index (χ1) is 12.2. The van der Waals surface area contributed by atoms with Crippen molar-refractivity contribution >= 4 is 33.8 Å². The topological polar surface area (TPSA) is 56.2 Å². The third kappa shape index (κ3) is 2.48. The van der Waals surface area contributed by atoms with E-state index in [1.54, 1.807) is 0 Å². The molecule has 0 saturated carbocycles. The predicted octanol–water partition coefficient (Wildman–Crippen LogP) is 4.44. The lowest BCUT2D eigenvalue weighted by Gasteiger charge is -2.09. The van der Waals surface area contributed by atoms with Crippen LogP contribution in [-0.2, 0) is 0 Å². The second kappa shape index (κ2) is 5.91. The van der Waals surface area contributed by atoms with E-state index in [2.05, 4.69) is 64.6 Å². The zero-order valence-electron chi connectivity index (χ0n) is 14.0. The van der Waals surface area contributed by atoms with Gasteiger partial charge in [-0.1, -0.05) is 36.9 Å². The summed E-state index contributed by atoms with van der Waals surface area (Å²) in [5, 5.41) is 2.20. The van der Waals surface area contributed by atoms with Gasteiger partial charge in [-0.2, -0.15) is 0 Å². The average molecular weight is 326 g/mol. The summed E-state index contributed by atoms with van der Waals surface area (Å²) in [4.78, 5) is 8.67. The number of rotatable bonds is 3. The third-order valence-corrected chi connectivity index (χ3v) is 4.39. The Balaban J connectivity index is 2.04. The molecule has 2 heterocycles. The highest BCUT2D eigenvalue weighted by atomic mass is 15.0. The molecule has 0 bridgehead atoms. The molecule has 4 aromatic rings. The van der Waals surface area contributed by atoms with Gasteiger partial charge in [-0.15, -0.1) is 0 Å². The smallest absolute Gasteiger partial charge is 0.0860 e. The summed E-state index contributed by atoms with van der Waals surface area (Å²) in [7, 11) is 0. The summed E-state index contributed by atoms with van der Waals surface area (Å²) in [6, 6.07) is 16.6. The van der Waals surface area contributed by atoms with Crippen molar-refractivity contribution in [2.75, 3.05) is 0 Å². The van der Waals surface area contributed by atoms with Gasteiger partial charge >= 0.3 is 0 Å². The lowest BCUT2D eigenvalue weighted by molar-refractivity contribution is 1.13. The first kappa shape index (κ1) is 15.1. The van der Waals surface area contributed by atoms with Crippen LogP contribution in [0.1, 0.15) is 11.1 Å². The largest absolute Gasteiger partial charge is 0.390 e. The van der Waals surface area contributed by atoms with E-state index in [0.29, 0.717) is 5.70 Å². The standard InChI is InChI=1S/C21H18N4/c1-14-7-8-17-19(11-14)23-10-9-21(17)25-12-18(15(2)24-13-22)16-5-3-4-6-20(16)25/h3-13H,2H2,1H3,(H2,22,24).